The van der Waals surface area contributed by atoms with Gasteiger partial charge in [0.1, 0.15) is 5.75 Å². The summed E-state index contributed by atoms with van der Waals surface area (Å²) in [7, 11) is -3.74. The molecule has 0 bridgehead atoms. The number of hydrogen-bond donors (Lipinski definition) is 2. The highest BCUT2D eigenvalue weighted by atomic mass is 32.2. The maximum Gasteiger partial charge on any atom is 0.262 e. The van der Waals surface area contributed by atoms with E-state index in [1.807, 2.05) is 16.8 Å². The van der Waals surface area contributed by atoms with Gasteiger partial charge in [-0.1, -0.05) is 0 Å². The summed E-state index contributed by atoms with van der Waals surface area (Å²) in [5.74, 6) is -0.0258. The Labute approximate surface area is 155 Å². The number of anilines is 1. The molecule has 2 N–H and O–H groups in total. The van der Waals surface area contributed by atoms with Gasteiger partial charge >= 0.3 is 0 Å². The van der Waals surface area contributed by atoms with E-state index >= 15 is 0 Å². The smallest absolute Gasteiger partial charge is 0.262 e. The van der Waals surface area contributed by atoms with E-state index in [2.05, 4.69) is 5.32 Å². The number of nitrogens with zero attached hydrogens (tertiary/aromatic N) is 1. The molecular weight excluding hydrogens is 376 g/mol. The number of nitrogens with one attached hydrogen (secondary N) is 1. The Bertz CT molecular complexity index is 927. The predicted octanol–water partition coefficient (Wildman–Crippen LogP) is 1.48. The summed E-state index contributed by atoms with van der Waals surface area (Å²) in [6, 6.07) is 6.43. The third-order valence-corrected chi connectivity index (χ3v) is 7.36. The van der Waals surface area contributed by atoms with Gasteiger partial charge in [-0.2, -0.15) is 15.6 Å². The number of carbonyl (C=O) groups excluding carboxylic acids is 1. The number of aliphatic hydroxyl groups excluding tert-OH is 1. The highest BCUT2D eigenvalue weighted by Crippen LogP contribution is 2.37. The Hall–Kier alpha value is -1.94. The van der Waals surface area contributed by atoms with Gasteiger partial charge in [-0.25, -0.2) is 8.42 Å². The molecule has 0 unspecified atom stereocenters. The predicted molar refractivity (Wildman–Crippen MR) is 97.0 cm³/mol. The Kier molecular flexibility index (Phi) is 4.47. The zero-order valence-corrected chi connectivity index (χ0v) is 15.4. The first kappa shape index (κ1) is 17.5. The van der Waals surface area contributed by atoms with Crippen LogP contribution in [0.15, 0.2) is 39.9 Å². The highest BCUT2D eigenvalue weighted by Gasteiger charge is 2.40. The standard InChI is InChI=1S/C17H18N2O5S2/c20-8-12-6-19(7-14(12)11-3-4-25-10-11)26(22,23)13-1-2-16-15(5-13)18-17(21)9-24-16/h1-5,10,12,14,20H,6-9H2,(H,18,21)/t12-,14-/m0/s1. The Morgan fingerprint density at radius 1 is 1.31 bits per heavy atom. The van der Waals surface area contributed by atoms with Crippen LogP contribution in [-0.4, -0.2) is 50.0 Å². The minimum absolute atomic E-state index is 0.0262. The normalized spacial score (nSPS) is 23.3. The lowest BCUT2D eigenvalue weighted by Crippen LogP contribution is -2.30. The van der Waals surface area contributed by atoms with Crippen molar-refractivity contribution in [2.75, 3.05) is 31.6 Å². The minimum Gasteiger partial charge on any atom is -0.482 e. The topological polar surface area (TPSA) is 95.9 Å². The number of aliphatic hydroxyl groups is 1. The first-order valence-corrected chi connectivity index (χ1v) is 10.6. The van der Waals surface area contributed by atoms with Crippen molar-refractivity contribution in [3.8, 4) is 5.75 Å². The SMILES string of the molecule is O=C1COc2ccc(S(=O)(=O)N3C[C@@H](CO)[C@H](c4ccsc4)C3)cc2N1. The zero-order chi connectivity index (χ0) is 18.3. The fourth-order valence-corrected chi connectivity index (χ4v) is 5.72. The molecule has 2 aliphatic heterocycles. The van der Waals surface area contributed by atoms with Crippen LogP contribution in [0.3, 0.4) is 0 Å². The van der Waals surface area contributed by atoms with Gasteiger partial charge in [0, 0.05) is 31.5 Å². The maximum absolute atomic E-state index is 13.1. The first-order chi connectivity index (χ1) is 12.5. The number of thiophene rings is 1. The number of hydrogen-bond acceptors (Lipinski definition) is 6. The summed E-state index contributed by atoms with van der Waals surface area (Å²) in [6.07, 6.45) is 0. The van der Waals surface area contributed by atoms with Crippen LogP contribution in [0, 0.1) is 5.92 Å². The van der Waals surface area contributed by atoms with Gasteiger partial charge < -0.3 is 15.2 Å². The van der Waals surface area contributed by atoms with Crippen molar-refractivity contribution in [2.45, 2.75) is 10.8 Å². The second kappa shape index (κ2) is 6.66. The molecule has 4 rings (SSSR count). The van der Waals surface area contributed by atoms with Crippen LogP contribution in [0.5, 0.6) is 5.75 Å². The van der Waals surface area contributed by atoms with E-state index in [9.17, 15) is 18.3 Å². The number of carbonyl (C=O) groups is 1. The van der Waals surface area contributed by atoms with Gasteiger partial charge in [0.15, 0.2) is 6.61 Å². The van der Waals surface area contributed by atoms with Crippen LogP contribution in [0.2, 0.25) is 0 Å². The molecule has 26 heavy (non-hydrogen) atoms. The van der Waals surface area contributed by atoms with Crippen LogP contribution in [-0.2, 0) is 14.8 Å². The molecule has 2 aliphatic rings. The molecule has 1 amide bonds. The summed E-state index contributed by atoms with van der Waals surface area (Å²) in [5.41, 5.74) is 1.41. The quantitative estimate of drug-likeness (QED) is 0.819. The summed E-state index contributed by atoms with van der Waals surface area (Å²) < 4.78 is 32.8. The average Bonchev–Trinajstić information content (AvgIpc) is 3.30. The Balaban J connectivity index is 1.63. The largest absolute Gasteiger partial charge is 0.482 e. The van der Waals surface area contributed by atoms with Crippen LogP contribution < -0.4 is 10.1 Å². The van der Waals surface area contributed by atoms with Gasteiger partial charge in [-0.05, 0) is 40.6 Å². The van der Waals surface area contributed by atoms with Gasteiger partial charge in [0.25, 0.3) is 5.91 Å². The second-order valence-corrected chi connectivity index (χ2v) is 9.14. The molecule has 0 radical (unpaired) electrons. The first-order valence-electron chi connectivity index (χ1n) is 8.19. The molecule has 138 valence electrons. The van der Waals surface area contributed by atoms with E-state index in [4.69, 9.17) is 4.74 Å². The number of fused-ring (bicyclic) bond motifs is 1. The van der Waals surface area contributed by atoms with Crippen molar-refractivity contribution in [1.29, 1.82) is 0 Å². The molecule has 0 spiro atoms. The fraction of sp³-hybridized carbons (Fsp3) is 0.353. The highest BCUT2D eigenvalue weighted by molar-refractivity contribution is 7.89. The molecule has 7 nitrogen and oxygen atoms in total. The molecule has 1 aromatic carbocycles. The lowest BCUT2D eigenvalue weighted by Gasteiger charge is -2.21. The number of ether oxygens (including phenoxy) is 1. The van der Waals surface area contributed by atoms with E-state index in [-0.39, 0.29) is 42.4 Å². The summed E-state index contributed by atoms with van der Waals surface area (Å²) in [5, 5.41) is 16.3. The van der Waals surface area contributed by atoms with Gasteiger partial charge in [0.2, 0.25) is 10.0 Å². The minimum atomic E-state index is -3.74. The van der Waals surface area contributed by atoms with Crippen molar-refractivity contribution in [3.63, 3.8) is 0 Å². The molecule has 0 saturated carbocycles. The van der Waals surface area contributed by atoms with E-state index in [1.165, 1.54) is 16.4 Å². The number of benzene rings is 1. The van der Waals surface area contributed by atoms with Crippen molar-refractivity contribution in [1.82, 2.24) is 4.31 Å². The van der Waals surface area contributed by atoms with Gasteiger partial charge in [-0.15, -0.1) is 0 Å². The fourth-order valence-electron chi connectivity index (χ4n) is 3.45. The lowest BCUT2D eigenvalue weighted by atomic mass is 9.92. The molecule has 1 fully saturated rings. The Morgan fingerprint density at radius 2 is 2.15 bits per heavy atom. The molecule has 0 aliphatic carbocycles. The molecular formula is C17H18N2O5S2. The third kappa shape index (κ3) is 3.01. The third-order valence-electron chi connectivity index (χ3n) is 4.84. The average molecular weight is 394 g/mol. The molecule has 3 heterocycles. The van der Waals surface area contributed by atoms with Crippen molar-refractivity contribution in [2.24, 2.45) is 5.92 Å². The molecule has 1 aromatic heterocycles. The van der Waals surface area contributed by atoms with E-state index in [1.54, 1.807) is 17.4 Å². The second-order valence-electron chi connectivity index (χ2n) is 6.42. The van der Waals surface area contributed by atoms with Crippen molar-refractivity contribution >= 4 is 33.0 Å². The van der Waals surface area contributed by atoms with E-state index < -0.39 is 10.0 Å². The summed E-state index contributed by atoms with van der Waals surface area (Å²) in [4.78, 5) is 11.6. The number of rotatable bonds is 4. The molecule has 2 aromatic rings. The van der Waals surface area contributed by atoms with Gasteiger partial charge in [-0.3, -0.25) is 4.79 Å². The summed E-state index contributed by atoms with van der Waals surface area (Å²) >= 11 is 1.56. The number of sulfonamides is 1. The van der Waals surface area contributed by atoms with E-state index in [0.29, 0.717) is 18.0 Å². The van der Waals surface area contributed by atoms with Crippen LogP contribution in [0.1, 0.15) is 11.5 Å². The maximum atomic E-state index is 13.1. The molecule has 1 saturated heterocycles. The van der Waals surface area contributed by atoms with Crippen LogP contribution >= 0.6 is 11.3 Å². The van der Waals surface area contributed by atoms with Crippen molar-refractivity contribution in [3.05, 3.63) is 40.6 Å². The van der Waals surface area contributed by atoms with Crippen LogP contribution in [0.25, 0.3) is 0 Å². The Morgan fingerprint density at radius 3 is 2.88 bits per heavy atom. The molecule has 9 heteroatoms. The van der Waals surface area contributed by atoms with E-state index in [0.717, 1.165) is 5.56 Å². The van der Waals surface area contributed by atoms with Gasteiger partial charge in [0.05, 0.1) is 10.6 Å². The zero-order valence-electron chi connectivity index (χ0n) is 13.8. The summed E-state index contributed by atoms with van der Waals surface area (Å²) in [6.45, 7) is 0.440. The monoisotopic (exact) mass is 394 g/mol. The molecule has 2 atom stereocenters. The lowest BCUT2D eigenvalue weighted by molar-refractivity contribution is -0.118. The number of amides is 1. The van der Waals surface area contributed by atoms with Crippen LogP contribution in [0.4, 0.5) is 5.69 Å². The van der Waals surface area contributed by atoms with Crippen molar-refractivity contribution < 1.29 is 23.1 Å².